The summed E-state index contributed by atoms with van der Waals surface area (Å²) >= 11 is 0. The highest BCUT2D eigenvalue weighted by Gasteiger charge is 1.57. The molecule has 1 aromatic rings. The third kappa shape index (κ3) is 3.34. The highest BCUT2D eigenvalue weighted by Crippen LogP contribution is 1.79. The summed E-state index contributed by atoms with van der Waals surface area (Å²) in [5.41, 5.74) is 0. The summed E-state index contributed by atoms with van der Waals surface area (Å²) in [6.45, 7) is 0. The normalized spacial score (nSPS) is 6.75. The number of hydrogen-bond donors (Lipinski definition) is 0. The van der Waals surface area contributed by atoms with E-state index in [-0.39, 0.29) is 0 Å². The van der Waals surface area contributed by atoms with E-state index in [4.69, 9.17) is 4.39 Å². The largest absolute Gasteiger partial charge is 0.232 e. The van der Waals surface area contributed by atoms with Gasteiger partial charge >= 0.3 is 0 Å². The molecule has 0 unspecified atom stereocenters. The molecule has 0 amide bonds. The zero-order valence-electron chi connectivity index (χ0n) is 4.34. The fourth-order valence-electron chi connectivity index (χ4n) is 0.385. The van der Waals surface area contributed by atoms with Crippen molar-refractivity contribution in [1.82, 2.24) is 0 Å². The highest BCUT2D eigenvalue weighted by molar-refractivity contribution is 4.99. The number of hydrogen-bond acceptors (Lipinski definition) is 0. The zero-order valence-corrected chi connectivity index (χ0v) is 4.34. The van der Waals surface area contributed by atoms with Crippen molar-refractivity contribution < 1.29 is 4.39 Å². The van der Waals surface area contributed by atoms with Gasteiger partial charge in [0.25, 0.3) is 0 Å². The van der Waals surface area contributed by atoms with Gasteiger partial charge in [-0.05, 0) is 0 Å². The molecule has 0 aromatic heterocycles. The second-order valence-electron chi connectivity index (χ2n) is 1.15. The Hall–Kier alpha value is -0.850. The van der Waals surface area contributed by atoms with Crippen LogP contribution in [0.4, 0.5) is 4.39 Å². The molecule has 0 heterocycles. The van der Waals surface area contributed by atoms with E-state index in [2.05, 4.69) is 7.18 Å². The summed E-state index contributed by atoms with van der Waals surface area (Å²) in [6, 6.07) is 12.0. The van der Waals surface area contributed by atoms with Crippen LogP contribution in [-0.2, 0) is 0 Å². The van der Waals surface area contributed by atoms with E-state index < -0.39 is 0 Å². The minimum atomic E-state index is 2.00. The van der Waals surface area contributed by atoms with Crippen molar-refractivity contribution in [2.24, 2.45) is 0 Å². The van der Waals surface area contributed by atoms with Gasteiger partial charge < -0.3 is 0 Å². The second-order valence-corrected chi connectivity index (χ2v) is 1.15. The van der Waals surface area contributed by atoms with Gasteiger partial charge in [0.2, 0.25) is 7.18 Å². The molecule has 1 rings (SSSR count). The van der Waals surface area contributed by atoms with Crippen molar-refractivity contribution in [2.75, 3.05) is 0 Å². The standard InChI is InChI=1S/C6H6.CF/c1-2-4-6-5-3-1;1-2/h1-6H;. The van der Waals surface area contributed by atoms with E-state index in [1.54, 1.807) is 0 Å². The van der Waals surface area contributed by atoms with Crippen molar-refractivity contribution in [1.29, 1.82) is 0 Å². The van der Waals surface area contributed by atoms with Crippen LogP contribution in [0.15, 0.2) is 36.4 Å². The van der Waals surface area contributed by atoms with E-state index in [0.717, 1.165) is 0 Å². The summed E-state index contributed by atoms with van der Waals surface area (Å²) < 4.78 is 8.75. The van der Waals surface area contributed by atoms with Gasteiger partial charge in [-0.15, -0.1) is 0 Å². The van der Waals surface area contributed by atoms with E-state index in [0.29, 0.717) is 0 Å². The second kappa shape index (κ2) is 6.15. The Morgan fingerprint density at radius 2 is 0.750 bits per heavy atom. The van der Waals surface area contributed by atoms with Gasteiger partial charge in [-0.2, -0.15) is 0 Å². The maximum atomic E-state index is 8.75. The van der Waals surface area contributed by atoms with Crippen LogP contribution >= 0.6 is 0 Å². The Labute approximate surface area is 49.0 Å². The lowest BCUT2D eigenvalue weighted by atomic mass is 10.4. The van der Waals surface area contributed by atoms with Crippen molar-refractivity contribution in [3.63, 3.8) is 0 Å². The smallest absolute Gasteiger partial charge is 0.232 e. The van der Waals surface area contributed by atoms with Crippen LogP contribution in [-0.4, -0.2) is 0 Å². The molecule has 0 nitrogen and oxygen atoms in total. The van der Waals surface area contributed by atoms with Crippen LogP contribution in [0.3, 0.4) is 0 Å². The Morgan fingerprint density at radius 1 is 0.625 bits per heavy atom. The molecule has 0 bridgehead atoms. The number of halogens is 1. The highest BCUT2D eigenvalue weighted by atomic mass is 19.1. The molecule has 0 saturated heterocycles. The van der Waals surface area contributed by atoms with Gasteiger partial charge in [0.1, 0.15) is 0 Å². The Balaban J connectivity index is 0.000000222. The summed E-state index contributed by atoms with van der Waals surface area (Å²) in [4.78, 5) is 0. The first-order valence-electron chi connectivity index (χ1n) is 2.19. The molecular formula is C7H6F. The van der Waals surface area contributed by atoms with E-state index in [1.807, 2.05) is 36.4 Å². The molecule has 1 aromatic carbocycles. The molecule has 8 heavy (non-hydrogen) atoms. The lowest BCUT2D eigenvalue weighted by Gasteiger charge is -1.69. The average Bonchev–Trinajstić information content (AvgIpc) is 1.96. The number of benzene rings is 1. The Bertz CT molecular complexity index is 76.3. The van der Waals surface area contributed by atoms with Gasteiger partial charge in [0, 0.05) is 0 Å². The van der Waals surface area contributed by atoms with Crippen LogP contribution in [0, 0.1) is 7.18 Å². The van der Waals surface area contributed by atoms with E-state index in [9.17, 15) is 0 Å². The van der Waals surface area contributed by atoms with Gasteiger partial charge in [-0.3, -0.25) is 0 Å². The average molecular weight is 109 g/mol. The monoisotopic (exact) mass is 109 g/mol. The first kappa shape index (κ1) is 7.15. The van der Waals surface area contributed by atoms with Gasteiger partial charge in [0.05, 0.1) is 0 Å². The molecule has 0 aliphatic rings. The molecule has 3 radical (unpaired) electrons. The lowest BCUT2D eigenvalue weighted by molar-refractivity contribution is 0.713. The fourth-order valence-corrected chi connectivity index (χ4v) is 0.385. The predicted molar refractivity (Wildman–Crippen MR) is 30.8 cm³/mol. The molecule has 0 fully saturated rings. The number of rotatable bonds is 0. The molecule has 0 aliphatic carbocycles. The van der Waals surface area contributed by atoms with Gasteiger partial charge in [0.15, 0.2) is 0 Å². The van der Waals surface area contributed by atoms with Crippen LogP contribution in [0.5, 0.6) is 0 Å². The molecule has 1 heteroatoms. The molecule has 0 atom stereocenters. The Kier molecular flexibility index (Phi) is 5.50. The van der Waals surface area contributed by atoms with Crippen molar-refractivity contribution in [3.8, 4) is 0 Å². The predicted octanol–water partition coefficient (Wildman–Crippen LogP) is 2.19. The van der Waals surface area contributed by atoms with Crippen LogP contribution in [0.25, 0.3) is 0 Å². The molecule has 0 spiro atoms. The summed E-state index contributed by atoms with van der Waals surface area (Å²) in [6.07, 6.45) is 0. The summed E-state index contributed by atoms with van der Waals surface area (Å²) in [7, 11) is 4.25. The fraction of sp³-hybridized carbons (Fsp3) is 0. The maximum absolute atomic E-state index is 8.75. The van der Waals surface area contributed by atoms with E-state index >= 15 is 0 Å². The molecular weight excluding hydrogens is 103 g/mol. The maximum Gasteiger partial charge on any atom is 0.232 e. The summed E-state index contributed by atoms with van der Waals surface area (Å²) in [5.74, 6) is 0. The quantitative estimate of drug-likeness (QED) is 0.479. The van der Waals surface area contributed by atoms with Gasteiger partial charge in [-0.1, -0.05) is 36.4 Å². The van der Waals surface area contributed by atoms with Crippen molar-refractivity contribution in [3.05, 3.63) is 43.6 Å². The SMILES string of the molecule is [C]F.c1ccccc1. The van der Waals surface area contributed by atoms with Crippen LogP contribution in [0.2, 0.25) is 0 Å². The Morgan fingerprint density at radius 3 is 0.875 bits per heavy atom. The van der Waals surface area contributed by atoms with Crippen LogP contribution in [0.1, 0.15) is 0 Å². The lowest BCUT2D eigenvalue weighted by Crippen LogP contribution is -1.47. The minimum absolute atomic E-state index is 2.00. The molecule has 0 saturated carbocycles. The summed E-state index contributed by atoms with van der Waals surface area (Å²) in [5, 5.41) is 0. The first-order chi connectivity index (χ1) is 4.00. The van der Waals surface area contributed by atoms with E-state index in [1.165, 1.54) is 0 Å². The molecule has 0 N–H and O–H groups in total. The minimum Gasteiger partial charge on any atom is -0.232 e. The van der Waals surface area contributed by atoms with Crippen molar-refractivity contribution >= 4 is 0 Å². The third-order valence-electron chi connectivity index (χ3n) is 0.667. The molecule has 0 aliphatic heterocycles. The molecule has 41 valence electrons. The third-order valence-corrected chi connectivity index (χ3v) is 0.667. The topological polar surface area (TPSA) is 0 Å². The zero-order chi connectivity index (χ0) is 6.24. The first-order valence-corrected chi connectivity index (χ1v) is 2.19. The van der Waals surface area contributed by atoms with Crippen molar-refractivity contribution in [2.45, 2.75) is 0 Å². The van der Waals surface area contributed by atoms with Gasteiger partial charge in [-0.25, -0.2) is 4.39 Å². The van der Waals surface area contributed by atoms with Crippen LogP contribution < -0.4 is 0 Å².